The van der Waals surface area contributed by atoms with Crippen LogP contribution in [0.25, 0.3) is 0 Å². The molecule has 1 heterocycles. The van der Waals surface area contributed by atoms with Gasteiger partial charge in [0.05, 0.1) is 18.0 Å². The highest BCUT2D eigenvalue weighted by molar-refractivity contribution is 6.01. The lowest BCUT2D eigenvalue weighted by Crippen LogP contribution is -2.54. The van der Waals surface area contributed by atoms with Crippen LogP contribution in [0.5, 0.6) is 5.75 Å². The first-order valence-corrected chi connectivity index (χ1v) is 14.2. The summed E-state index contributed by atoms with van der Waals surface area (Å²) in [5.74, 6) is -1.25. The first-order chi connectivity index (χ1) is 19.6. The topological polar surface area (TPSA) is 129 Å². The molecule has 0 aliphatic carbocycles. The van der Waals surface area contributed by atoms with Crippen molar-refractivity contribution in [2.75, 3.05) is 33.8 Å². The van der Waals surface area contributed by atoms with E-state index >= 15 is 0 Å². The molecule has 0 radical (unpaired) electrons. The number of hydrogen-bond acceptors (Lipinski definition) is 6. The summed E-state index contributed by atoms with van der Waals surface area (Å²) in [5.41, 5.74) is 1.12. The van der Waals surface area contributed by atoms with Crippen LogP contribution in [0.4, 0.5) is 0 Å². The third-order valence-electron chi connectivity index (χ3n) is 6.70. The molecule has 10 heteroatoms. The maximum Gasteiger partial charge on any atom is 0.255 e. The van der Waals surface area contributed by atoms with E-state index in [-0.39, 0.29) is 42.9 Å². The molecule has 41 heavy (non-hydrogen) atoms. The Kier molecular flexibility index (Phi) is 12.1. The molecule has 1 aliphatic heterocycles. The Morgan fingerprint density at radius 3 is 2.41 bits per heavy atom. The van der Waals surface area contributed by atoms with E-state index < -0.39 is 29.8 Å². The molecule has 4 amide bonds. The van der Waals surface area contributed by atoms with Gasteiger partial charge in [0.1, 0.15) is 24.4 Å². The highest BCUT2D eigenvalue weighted by Gasteiger charge is 2.30. The molecule has 0 fully saturated rings. The molecule has 0 bridgehead atoms. The number of hydrogen-bond donors (Lipinski definition) is 4. The van der Waals surface area contributed by atoms with Gasteiger partial charge in [0, 0.05) is 13.0 Å². The van der Waals surface area contributed by atoms with Gasteiger partial charge < -0.3 is 30.9 Å². The number of carbonyl (C=O) groups is 4. The Balaban J connectivity index is 1.90. The van der Waals surface area contributed by atoms with Crippen molar-refractivity contribution in [2.24, 2.45) is 5.92 Å². The molecule has 10 nitrogen and oxygen atoms in total. The summed E-state index contributed by atoms with van der Waals surface area (Å²) in [5, 5.41) is 11.4. The minimum absolute atomic E-state index is 0.135. The Bertz CT molecular complexity index is 1170. The van der Waals surface area contributed by atoms with E-state index in [1.165, 1.54) is 0 Å². The zero-order chi connectivity index (χ0) is 29.8. The van der Waals surface area contributed by atoms with Crippen LogP contribution in [-0.2, 0) is 20.8 Å². The molecule has 0 saturated carbocycles. The van der Waals surface area contributed by atoms with E-state index in [9.17, 15) is 19.2 Å². The van der Waals surface area contributed by atoms with Crippen molar-refractivity contribution >= 4 is 23.6 Å². The van der Waals surface area contributed by atoms with Crippen molar-refractivity contribution in [1.82, 2.24) is 26.2 Å². The van der Waals surface area contributed by atoms with E-state index in [1.54, 1.807) is 24.3 Å². The zero-order valence-corrected chi connectivity index (χ0v) is 24.4. The fraction of sp³-hybridized carbons (Fsp3) is 0.484. The van der Waals surface area contributed by atoms with Gasteiger partial charge in [0.2, 0.25) is 17.7 Å². The maximum absolute atomic E-state index is 13.5. The van der Waals surface area contributed by atoms with Crippen molar-refractivity contribution in [3.8, 4) is 5.75 Å². The summed E-state index contributed by atoms with van der Waals surface area (Å²) in [7, 11) is 3.88. The van der Waals surface area contributed by atoms with Gasteiger partial charge in [-0.05, 0) is 57.1 Å². The molecule has 2 aromatic rings. The van der Waals surface area contributed by atoms with Crippen LogP contribution in [0, 0.1) is 5.92 Å². The number of rotatable bonds is 9. The summed E-state index contributed by atoms with van der Waals surface area (Å²) >= 11 is 0. The quantitative estimate of drug-likeness (QED) is 0.344. The lowest BCUT2D eigenvalue weighted by molar-refractivity contribution is -0.131. The predicted octanol–water partition coefficient (Wildman–Crippen LogP) is 1.89. The number of ether oxygens (including phenoxy) is 1. The molecule has 222 valence electrons. The maximum atomic E-state index is 13.5. The Labute approximate surface area is 242 Å². The Morgan fingerprint density at radius 1 is 1.00 bits per heavy atom. The molecule has 2 aromatic carbocycles. The van der Waals surface area contributed by atoms with Gasteiger partial charge in [-0.1, -0.05) is 56.3 Å². The van der Waals surface area contributed by atoms with Crippen LogP contribution in [0.3, 0.4) is 0 Å². The van der Waals surface area contributed by atoms with Crippen molar-refractivity contribution in [2.45, 2.75) is 57.7 Å². The number of benzene rings is 2. The van der Waals surface area contributed by atoms with Gasteiger partial charge >= 0.3 is 0 Å². The predicted molar refractivity (Wildman–Crippen MR) is 157 cm³/mol. The normalized spacial score (nSPS) is 20.2. The number of fused-ring (bicyclic) bond motifs is 1. The smallest absolute Gasteiger partial charge is 0.255 e. The molecule has 3 rings (SSSR count). The van der Waals surface area contributed by atoms with Crippen molar-refractivity contribution in [3.05, 3.63) is 65.7 Å². The number of nitrogens with zero attached hydrogens (tertiary/aromatic N) is 1. The van der Waals surface area contributed by atoms with Crippen LogP contribution >= 0.6 is 0 Å². The van der Waals surface area contributed by atoms with Crippen molar-refractivity contribution in [1.29, 1.82) is 0 Å². The second kappa shape index (κ2) is 15.8. The van der Waals surface area contributed by atoms with Gasteiger partial charge in [0.25, 0.3) is 5.91 Å². The molecule has 0 spiro atoms. The van der Waals surface area contributed by atoms with Gasteiger partial charge in [0.15, 0.2) is 0 Å². The van der Waals surface area contributed by atoms with Crippen LogP contribution in [0.2, 0.25) is 0 Å². The molecular weight excluding hydrogens is 522 g/mol. The average Bonchev–Trinajstić information content (AvgIpc) is 2.93. The third kappa shape index (κ3) is 10.5. The summed E-state index contributed by atoms with van der Waals surface area (Å²) < 4.78 is 6.07. The van der Waals surface area contributed by atoms with E-state index in [4.69, 9.17) is 4.74 Å². The summed E-state index contributed by atoms with van der Waals surface area (Å²) in [6, 6.07) is 13.8. The van der Waals surface area contributed by atoms with Gasteiger partial charge in [-0.2, -0.15) is 0 Å². The van der Waals surface area contributed by atoms with Crippen molar-refractivity contribution < 1.29 is 23.9 Å². The number of carbonyl (C=O) groups excluding carboxylic acids is 4. The highest BCUT2D eigenvalue weighted by atomic mass is 16.5. The highest BCUT2D eigenvalue weighted by Crippen LogP contribution is 2.20. The molecule has 1 aliphatic rings. The third-order valence-corrected chi connectivity index (χ3v) is 6.70. The monoisotopic (exact) mass is 565 g/mol. The lowest BCUT2D eigenvalue weighted by Gasteiger charge is -2.27. The minimum Gasteiger partial charge on any atom is -0.491 e. The summed E-state index contributed by atoms with van der Waals surface area (Å²) in [6.45, 7) is 5.40. The lowest BCUT2D eigenvalue weighted by atomic mass is 10.0. The molecule has 4 N–H and O–H groups in total. The number of para-hydroxylation sites is 1. The van der Waals surface area contributed by atoms with E-state index in [2.05, 4.69) is 21.3 Å². The minimum atomic E-state index is -1.15. The van der Waals surface area contributed by atoms with E-state index in [0.29, 0.717) is 25.1 Å². The van der Waals surface area contributed by atoms with Crippen LogP contribution in [0.15, 0.2) is 54.6 Å². The van der Waals surface area contributed by atoms with E-state index in [0.717, 1.165) is 12.1 Å². The fourth-order valence-corrected chi connectivity index (χ4v) is 4.68. The summed E-state index contributed by atoms with van der Waals surface area (Å²) in [4.78, 5) is 55.3. The van der Waals surface area contributed by atoms with E-state index in [1.807, 2.05) is 63.2 Å². The van der Waals surface area contributed by atoms with Gasteiger partial charge in [-0.15, -0.1) is 0 Å². The molecule has 0 unspecified atom stereocenters. The first-order valence-electron chi connectivity index (χ1n) is 14.2. The number of nitrogens with one attached hydrogen (secondary N) is 4. The zero-order valence-electron chi connectivity index (χ0n) is 24.4. The van der Waals surface area contributed by atoms with Gasteiger partial charge in [-0.25, -0.2) is 0 Å². The Hall–Kier alpha value is -3.92. The van der Waals surface area contributed by atoms with Crippen LogP contribution < -0.4 is 26.0 Å². The van der Waals surface area contributed by atoms with Crippen molar-refractivity contribution in [3.63, 3.8) is 0 Å². The fourth-order valence-electron chi connectivity index (χ4n) is 4.68. The second-order valence-corrected chi connectivity index (χ2v) is 11.1. The molecule has 0 aromatic heterocycles. The largest absolute Gasteiger partial charge is 0.491 e. The van der Waals surface area contributed by atoms with Gasteiger partial charge in [-0.3, -0.25) is 19.2 Å². The molecule has 0 saturated heterocycles. The average molecular weight is 566 g/mol. The summed E-state index contributed by atoms with van der Waals surface area (Å²) in [6.07, 6.45) is 1.29. The molecule has 3 atom stereocenters. The second-order valence-electron chi connectivity index (χ2n) is 11.1. The number of amides is 4. The first kappa shape index (κ1) is 31.6. The van der Waals surface area contributed by atoms with Crippen LogP contribution in [0.1, 0.15) is 49.0 Å². The molecular formula is C31H43N5O5. The standard InChI is InChI=1S/C31H43N5O5/c1-21(2)17-23-20-41-27-14-9-8-13-24(27)29(38)35-26(30(39)32-15-10-16-36(3)4)19-28(37)34-25(31(40)33-23)18-22-11-6-5-7-12-22/h5-9,11-14,21,23,25-26H,10,15-20H2,1-4H3,(H,32,39)(H,33,40)(H,34,37)(H,35,38)/t23-,25-,26+/m1/s1. The Morgan fingerprint density at radius 2 is 1.71 bits per heavy atom. The van der Waals surface area contributed by atoms with Crippen LogP contribution in [-0.4, -0.2) is 80.4 Å². The SMILES string of the molecule is CC(C)C[C@@H]1COc2ccccc2C(=O)N[C@H](C(=O)NCCCN(C)C)CC(=O)N[C@H](Cc2ccccc2)C(=O)N1.